The normalized spacial score (nSPS) is 17.0. The molecule has 1 saturated heterocycles. The fourth-order valence-corrected chi connectivity index (χ4v) is 3.77. The zero-order chi connectivity index (χ0) is 16.8. The standard InChI is InChI=1S/C18H23N3O2S/c1-23-16-7-4-14(5-8-16)6-9-17(22)20-13-15-3-2-11-21(15)18-19-10-12-24-18/h4-5,7-8,10,12,15H,2-3,6,9,11,13H2,1H3,(H,20,22)/t15-/m0/s1. The van der Waals surface area contributed by atoms with Gasteiger partial charge < -0.3 is 15.0 Å². The molecule has 1 aliphatic heterocycles. The molecule has 128 valence electrons. The zero-order valence-electron chi connectivity index (χ0n) is 13.9. The molecule has 1 N–H and O–H groups in total. The number of aryl methyl sites for hydroxylation is 1. The molecule has 1 fully saturated rings. The lowest BCUT2D eigenvalue weighted by Gasteiger charge is -2.24. The molecule has 1 amide bonds. The Morgan fingerprint density at radius 2 is 2.25 bits per heavy atom. The minimum absolute atomic E-state index is 0.108. The number of carbonyl (C=O) groups is 1. The predicted molar refractivity (Wildman–Crippen MR) is 96.8 cm³/mol. The number of aromatic nitrogens is 1. The number of rotatable bonds is 7. The molecule has 2 heterocycles. The van der Waals surface area contributed by atoms with Crippen LogP contribution in [0.3, 0.4) is 0 Å². The highest BCUT2D eigenvalue weighted by Gasteiger charge is 2.26. The third kappa shape index (κ3) is 4.26. The summed E-state index contributed by atoms with van der Waals surface area (Å²) in [6.07, 6.45) is 5.36. The second kappa shape index (κ2) is 8.15. The van der Waals surface area contributed by atoms with Crippen molar-refractivity contribution in [1.29, 1.82) is 0 Å². The summed E-state index contributed by atoms with van der Waals surface area (Å²) in [5, 5.41) is 6.14. The van der Waals surface area contributed by atoms with Gasteiger partial charge in [0.05, 0.1) is 7.11 Å². The highest BCUT2D eigenvalue weighted by atomic mass is 32.1. The van der Waals surface area contributed by atoms with Crippen LogP contribution < -0.4 is 15.0 Å². The molecule has 2 aromatic rings. The quantitative estimate of drug-likeness (QED) is 0.838. The number of amides is 1. The first-order valence-electron chi connectivity index (χ1n) is 8.32. The number of anilines is 1. The molecular formula is C18H23N3O2S. The molecule has 0 radical (unpaired) electrons. The second-order valence-corrected chi connectivity index (χ2v) is 6.83. The van der Waals surface area contributed by atoms with E-state index in [0.717, 1.165) is 42.3 Å². The largest absolute Gasteiger partial charge is 0.497 e. The van der Waals surface area contributed by atoms with E-state index in [4.69, 9.17) is 4.74 Å². The van der Waals surface area contributed by atoms with Crippen molar-refractivity contribution >= 4 is 22.4 Å². The Bertz CT molecular complexity index is 643. The van der Waals surface area contributed by atoms with Crippen LogP contribution in [0.25, 0.3) is 0 Å². The van der Waals surface area contributed by atoms with Crippen molar-refractivity contribution in [1.82, 2.24) is 10.3 Å². The predicted octanol–water partition coefficient (Wildman–Crippen LogP) is 2.87. The van der Waals surface area contributed by atoms with Gasteiger partial charge in [-0.2, -0.15) is 0 Å². The molecule has 5 nitrogen and oxygen atoms in total. The molecule has 1 aliphatic rings. The topological polar surface area (TPSA) is 54.5 Å². The first-order chi connectivity index (χ1) is 11.8. The molecule has 1 aromatic carbocycles. The fourth-order valence-electron chi connectivity index (χ4n) is 3.03. The number of benzene rings is 1. The lowest BCUT2D eigenvalue weighted by atomic mass is 10.1. The molecule has 0 unspecified atom stereocenters. The molecule has 1 aromatic heterocycles. The number of nitrogens with zero attached hydrogens (tertiary/aromatic N) is 2. The smallest absolute Gasteiger partial charge is 0.220 e. The van der Waals surface area contributed by atoms with E-state index in [1.165, 1.54) is 0 Å². The van der Waals surface area contributed by atoms with Crippen molar-refractivity contribution in [3.8, 4) is 5.75 Å². The van der Waals surface area contributed by atoms with Crippen molar-refractivity contribution in [2.24, 2.45) is 0 Å². The fraction of sp³-hybridized carbons (Fsp3) is 0.444. The van der Waals surface area contributed by atoms with Gasteiger partial charge in [-0.1, -0.05) is 12.1 Å². The molecule has 1 atom stereocenters. The van der Waals surface area contributed by atoms with Crippen molar-refractivity contribution in [3.05, 3.63) is 41.4 Å². The number of hydrogen-bond donors (Lipinski definition) is 1. The van der Waals surface area contributed by atoms with E-state index in [2.05, 4.69) is 15.2 Å². The lowest BCUT2D eigenvalue weighted by molar-refractivity contribution is -0.121. The molecule has 6 heteroatoms. The second-order valence-electron chi connectivity index (χ2n) is 5.96. The SMILES string of the molecule is COc1ccc(CCC(=O)NC[C@@H]2CCCN2c2nccs2)cc1. The van der Waals surface area contributed by atoms with Crippen molar-refractivity contribution in [3.63, 3.8) is 0 Å². The highest BCUT2D eigenvalue weighted by Crippen LogP contribution is 2.26. The number of thiazole rings is 1. The number of nitrogens with one attached hydrogen (secondary N) is 1. The van der Waals surface area contributed by atoms with Crippen LogP contribution in [0.2, 0.25) is 0 Å². The summed E-state index contributed by atoms with van der Waals surface area (Å²) in [5.74, 6) is 0.948. The molecule has 0 bridgehead atoms. The van der Waals surface area contributed by atoms with Gasteiger partial charge in [-0.05, 0) is 37.0 Å². The first kappa shape index (κ1) is 16.8. The van der Waals surface area contributed by atoms with Crippen LogP contribution in [0.5, 0.6) is 5.75 Å². The van der Waals surface area contributed by atoms with Crippen molar-refractivity contribution in [2.45, 2.75) is 31.7 Å². The van der Waals surface area contributed by atoms with Crippen LogP contribution >= 0.6 is 11.3 Å². The van der Waals surface area contributed by atoms with Gasteiger partial charge in [0.1, 0.15) is 5.75 Å². The number of methoxy groups -OCH3 is 1. The summed E-state index contributed by atoms with van der Waals surface area (Å²) in [6, 6.07) is 8.23. The Kier molecular flexibility index (Phi) is 5.69. The van der Waals surface area contributed by atoms with E-state index < -0.39 is 0 Å². The van der Waals surface area contributed by atoms with Crippen LogP contribution in [-0.4, -0.2) is 37.1 Å². The Morgan fingerprint density at radius 1 is 1.42 bits per heavy atom. The van der Waals surface area contributed by atoms with Crippen LogP contribution in [0, 0.1) is 0 Å². The average Bonchev–Trinajstić information content (AvgIpc) is 3.29. The highest BCUT2D eigenvalue weighted by molar-refractivity contribution is 7.13. The third-order valence-corrected chi connectivity index (χ3v) is 5.19. The minimum atomic E-state index is 0.108. The van der Waals surface area contributed by atoms with E-state index in [1.54, 1.807) is 18.4 Å². The van der Waals surface area contributed by atoms with E-state index >= 15 is 0 Å². The third-order valence-electron chi connectivity index (χ3n) is 4.38. The number of carbonyl (C=O) groups excluding carboxylic acids is 1. The van der Waals surface area contributed by atoms with Crippen molar-refractivity contribution < 1.29 is 9.53 Å². The van der Waals surface area contributed by atoms with E-state index in [1.807, 2.05) is 35.8 Å². The Labute approximate surface area is 146 Å². The van der Waals surface area contributed by atoms with Crippen LogP contribution in [0.15, 0.2) is 35.8 Å². The summed E-state index contributed by atoms with van der Waals surface area (Å²) >= 11 is 1.66. The summed E-state index contributed by atoms with van der Waals surface area (Å²) in [6.45, 7) is 1.72. The Hall–Kier alpha value is -2.08. The van der Waals surface area contributed by atoms with Crippen LogP contribution in [0.4, 0.5) is 5.13 Å². The summed E-state index contributed by atoms with van der Waals surface area (Å²) < 4.78 is 5.14. The van der Waals surface area contributed by atoms with Gasteiger partial charge in [0.25, 0.3) is 0 Å². The molecular weight excluding hydrogens is 322 g/mol. The monoisotopic (exact) mass is 345 g/mol. The molecule has 0 saturated carbocycles. The maximum atomic E-state index is 12.1. The van der Waals surface area contributed by atoms with Gasteiger partial charge in [0.15, 0.2) is 5.13 Å². The average molecular weight is 345 g/mol. The molecule has 3 rings (SSSR count). The molecule has 24 heavy (non-hydrogen) atoms. The maximum absolute atomic E-state index is 12.1. The Balaban J connectivity index is 1.43. The maximum Gasteiger partial charge on any atom is 0.220 e. The zero-order valence-corrected chi connectivity index (χ0v) is 14.7. The van der Waals surface area contributed by atoms with Crippen molar-refractivity contribution in [2.75, 3.05) is 25.1 Å². The van der Waals surface area contributed by atoms with Gasteiger partial charge in [-0.3, -0.25) is 4.79 Å². The van der Waals surface area contributed by atoms with Crippen LogP contribution in [0.1, 0.15) is 24.8 Å². The van der Waals surface area contributed by atoms with Gasteiger partial charge >= 0.3 is 0 Å². The van der Waals surface area contributed by atoms with E-state index in [9.17, 15) is 4.79 Å². The van der Waals surface area contributed by atoms with Gasteiger partial charge in [0.2, 0.25) is 5.91 Å². The summed E-state index contributed by atoms with van der Waals surface area (Å²) in [4.78, 5) is 18.8. The van der Waals surface area contributed by atoms with Crippen LogP contribution in [-0.2, 0) is 11.2 Å². The lowest BCUT2D eigenvalue weighted by Crippen LogP contribution is -2.40. The molecule has 0 spiro atoms. The van der Waals surface area contributed by atoms with Gasteiger partial charge in [-0.25, -0.2) is 4.98 Å². The number of ether oxygens (including phenoxy) is 1. The van der Waals surface area contributed by atoms with Gasteiger partial charge in [-0.15, -0.1) is 11.3 Å². The van der Waals surface area contributed by atoms with E-state index in [-0.39, 0.29) is 5.91 Å². The molecule has 0 aliphatic carbocycles. The minimum Gasteiger partial charge on any atom is -0.497 e. The van der Waals surface area contributed by atoms with Gasteiger partial charge in [0, 0.05) is 37.1 Å². The number of hydrogen-bond acceptors (Lipinski definition) is 5. The summed E-state index contributed by atoms with van der Waals surface area (Å²) in [5.41, 5.74) is 1.15. The Morgan fingerprint density at radius 3 is 2.96 bits per heavy atom. The summed E-state index contributed by atoms with van der Waals surface area (Å²) in [7, 11) is 1.65. The van der Waals surface area contributed by atoms with E-state index in [0.29, 0.717) is 19.0 Å². The first-order valence-corrected chi connectivity index (χ1v) is 9.20.